The van der Waals surface area contributed by atoms with Gasteiger partial charge in [0.2, 0.25) is 0 Å². The van der Waals surface area contributed by atoms with Gasteiger partial charge in [0.25, 0.3) is 0 Å². The van der Waals surface area contributed by atoms with Crippen LogP contribution in [0.2, 0.25) is 0 Å². The third-order valence-electron chi connectivity index (χ3n) is 4.49. The van der Waals surface area contributed by atoms with E-state index in [4.69, 9.17) is 9.47 Å². The van der Waals surface area contributed by atoms with Crippen LogP contribution in [0.3, 0.4) is 0 Å². The van der Waals surface area contributed by atoms with E-state index in [-0.39, 0.29) is 11.3 Å². The van der Waals surface area contributed by atoms with Gasteiger partial charge in [-0.15, -0.1) is 0 Å². The Balaban J connectivity index is 1.79. The summed E-state index contributed by atoms with van der Waals surface area (Å²) < 4.78 is 49.8. The number of hydrogen-bond acceptors (Lipinski definition) is 7. The Kier molecular flexibility index (Phi) is 6.43. The number of carbonyl (C=O) groups excluding carboxylic acids is 1. The summed E-state index contributed by atoms with van der Waals surface area (Å²) in [5.74, 6) is 0.147. The molecule has 1 saturated heterocycles. The van der Waals surface area contributed by atoms with E-state index >= 15 is 0 Å². The number of piperazine rings is 1. The van der Waals surface area contributed by atoms with Crippen molar-refractivity contribution in [3.63, 3.8) is 0 Å². The van der Waals surface area contributed by atoms with E-state index in [1.165, 1.54) is 6.07 Å². The first-order chi connectivity index (χ1) is 15.0. The van der Waals surface area contributed by atoms with Crippen molar-refractivity contribution in [3.8, 4) is 17.8 Å². The van der Waals surface area contributed by atoms with E-state index in [1.54, 1.807) is 37.8 Å². The average molecular weight is 449 g/mol. The molecule has 1 aromatic heterocycles. The summed E-state index contributed by atoms with van der Waals surface area (Å²) >= 11 is 0. The van der Waals surface area contributed by atoms with Gasteiger partial charge in [-0.1, -0.05) is 0 Å². The second-order valence-electron chi connectivity index (χ2n) is 8.07. The first kappa shape index (κ1) is 23.1. The summed E-state index contributed by atoms with van der Waals surface area (Å²) in [4.78, 5) is 22.9. The quantitative estimate of drug-likeness (QED) is 0.693. The van der Waals surface area contributed by atoms with Crippen LogP contribution in [0.15, 0.2) is 30.5 Å². The summed E-state index contributed by atoms with van der Waals surface area (Å²) in [5.41, 5.74) is -0.920. The molecule has 11 heteroatoms. The van der Waals surface area contributed by atoms with E-state index in [1.807, 2.05) is 11.0 Å². The van der Waals surface area contributed by atoms with Crippen molar-refractivity contribution in [2.75, 3.05) is 31.1 Å². The second kappa shape index (κ2) is 8.90. The normalized spacial score (nSPS) is 14.7. The number of aromatic nitrogens is 2. The summed E-state index contributed by atoms with van der Waals surface area (Å²) in [7, 11) is 0. The Morgan fingerprint density at radius 1 is 1.12 bits per heavy atom. The molecule has 170 valence electrons. The summed E-state index contributed by atoms with van der Waals surface area (Å²) in [6, 6.07) is 6.87. The Bertz CT molecular complexity index is 1020. The zero-order valence-electron chi connectivity index (χ0n) is 17.8. The smallest absolute Gasteiger partial charge is 0.433 e. The van der Waals surface area contributed by atoms with Gasteiger partial charge in [0.1, 0.15) is 5.60 Å². The van der Waals surface area contributed by atoms with E-state index in [9.17, 15) is 23.2 Å². The molecule has 3 rings (SSSR count). The number of alkyl halides is 3. The van der Waals surface area contributed by atoms with Crippen LogP contribution in [0.25, 0.3) is 0 Å². The van der Waals surface area contributed by atoms with Gasteiger partial charge in [0, 0.05) is 38.4 Å². The van der Waals surface area contributed by atoms with Crippen molar-refractivity contribution < 1.29 is 27.4 Å². The summed E-state index contributed by atoms with van der Waals surface area (Å²) in [6.07, 6.45) is -4.10. The van der Waals surface area contributed by atoms with Crippen molar-refractivity contribution >= 4 is 11.8 Å². The van der Waals surface area contributed by atoms with Crippen LogP contribution in [0.5, 0.6) is 11.8 Å². The monoisotopic (exact) mass is 449 g/mol. The van der Waals surface area contributed by atoms with Crippen LogP contribution in [0.1, 0.15) is 32.0 Å². The number of nitriles is 1. The van der Waals surface area contributed by atoms with Crippen molar-refractivity contribution in [2.24, 2.45) is 0 Å². The van der Waals surface area contributed by atoms with Gasteiger partial charge in [-0.2, -0.15) is 23.4 Å². The maximum absolute atomic E-state index is 13.0. The fourth-order valence-corrected chi connectivity index (χ4v) is 3.03. The van der Waals surface area contributed by atoms with E-state index in [2.05, 4.69) is 9.97 Å². The van der Waals surface area contributed by atoms with Crippen molar-refractivity contribution in [1.29, 1.82) is 5.26 Å². The summed E-state index contributed by atoms with van der Waals surface area (Å²) in [5, 5.41) is 9.21. The highest BCUT2D eigenvalue weighted by atomic mass is 19.4. The molecule has 1 fully saturated rings. The maximum Gasteiger partial charge on any atom is 0.433 e. The minimum atomic E-state index is -4.64. The van der Waals surface area contributed by atoms with E-state index in [0.717, 1.165) is 12.3 Å². The molecule has 2 aromatic rings. The highest BCUT2D eigenvalue weighted by Crippen LogP contribution is 2.34. The van der Waals surface area contributed by atoms with Gasteiger partial charge in [-0.05, 0) is 39.0 Å². The molecule has 1 aliphatic heterocycles. The fourth-order valence-electron chi connectivity index (χ4n) is 3.03. The summed E-state index contributed by atoms with van der Waals surface area (Å²) in [6.45, 7) is 7.00. The zero-order chi connectivity index (χ0) is 23.5. The largest absolute Gasteiger partial charge is 0.444 e. The molecule has 0 radical (unpaired) electrons. The molecule has 1 aromatic carbocycles. The van der Waals surface area contributed by atoms with E-state index in [0.29, 0.717) is 31.9 Å². The van der Waals surface area contributed by atoms with Crippen LogP contribution in [-0.2, 0) is 10.9 Å². The number of amides is 1. The minimum absolute atomic E-state index is 0.147. The molecular formula is C21H22F3N5O3. The van der Waals surface area contributed by atoms with Crippen LogP contribution in [0.4, 0.5) is 23.7 Å². The lowest BCUT2D eigenvalue weighted by Crippen LogP contribution is -2.50. The standard InChI is InChI=1S/C21H22F3N5O3/c1-20(2,3)32-19(30)29-10-8-28(9-11-29)15-5-4-14(13-25)12-16(15)31-18-26-7-6-17(27-18)21(22,23)24/h4-7,12H,8-11H2,1-3H3. The molecule has 0 spiro atoms. The van der Waals surface area contributed by atoms with Crippen LogP contribution in [0, 0.1) is 11.3 Å². The number of halogens is 3. The average Bonchev–Trinajstić information content (AvgIpc) is 2.72. The van der Waals surface area contributed by atoms with Gasteiger partial charge in [-0.3, -0.25) is 0 Å². The molecule has 8 nitrogen and oxygen atoms in total. The first-order valence-electron chi connectivity index (χ1n) is 9.81. The van der Waals surface area contributed by atoms with Crippen molar-refractivity contribution in [1.82, 2.24) is 14.9 Å². The molecular weight excluding hydrogens is 427 g/mol. The molecule has 0 bridgehead atoms. The molecule has 2 heterocycles. The first-order valence-corrected chi connectivity index (χ1v) is 9.81. The second-order valence-corrected chi connectivity index (χ2v) is 8.07. The van der Waals surface area contributed by atoms with Gasteiger partial charge >= 0.3 is 18.3 Å². The van der Waals surface area contributed by atoms with Gasteiger partial charge in [-0.25, -0.2) is 9.78 Å². The SMILES string of the molecule is CC(C)(C)OC(=O)N1CCN(c2ccc(C#N)cc2Oc2nccc(C(F)(F)F)n2)CC1. The predicted molar refractivity (Wildman–Crippen MR) is 108 cm³/mol. The lowest BCUT2D eigenvalue weighted by atomic mass is 10.1. The highest BCUT2D eigenvalue weighted by molar-refractivity contribution is 5.69. The molecule has 0 aliphatic carbocycles. The van der Waals surface area contributed by atoms with Crippen LogP contribution in [-0.4, -0.2) is 52.7 Å². The molecule has 0 saturated carbocycles. The number of rotatable bonds is 3. The third-order valence-corrected chi connectivity index (χ3v) is 4.49. The maximum atomic E-state index is 13.0. The van der Waals surface area contributed by atoms with Crippen molar-refractivity contribution in [3.05, 3.63) is 41.7 Å². The van der Waals surface area contributed by atoms with Crippen LogP contribution >= 0.6 is 0 Å². The highest BCUT2D eigenvalue weighted by Gasteiger charge is 2.33. The minimum Gasteiger partial charge on any atom is -0.444 e. The topological polar surface area (TPSA) is 91.6 Å². The lowest BCUT2D eigenvalue weighted by Gasteiger charge is -2.37. The van der Waals surface area contributed by atoms with Crippen molar-refractivity contribution in [2.45, 2.75) is 32.5 Å². The van der Waals surface area contributed by atoms with Gasteiger partial charge in [0.15, 0.2) is 11.4 Å². The zero-order valence-corrected chi connectivity index (χ0v) is 17.8. The lowest BCUT2D eigenvalue weighted by molar-refractivity contribution is -0.141. The number of ether oxygens (including phenoxy) is 2. The van der Waals surface area contributed by atoms with E-state index < -0.39 is 29.6 Å². The Morgan fingerprint density at radius 3 is 2.41 bits per heavy atom. The molecule has 1 amide bonds. The predicted octanol–water partition coefficient (Wildman–Crippen LogP) is 4.22. The number of nitrogens with zero attached hydrogens (tertiary/aromatic N) is 5. The number of benzene rings is 1. The fraction of sp³-hybridized carbons (Fsp3) is 0.429. The third kappa shape index (κ3) is 5.78. The Labute approximate surface area is 183 Å². The number of anilines is 1. The number of hydrogen-bond donors (Lipinski definition) is 0. The van der Waals surface area contributed by atoms with Gasteiger partial charge in [0.05, 0.1) is 17.3 Å². The van der Waals surface area contributed by atoms with Crippen LogP contribution < -0.4 is 9.64 Å². The Morgan fingerprint density at radius 2 is 1.81 bits per heavy atom. The van der Waals surface area contributed by atoms with Gasteiger partial charge < -0.3 is 19.3 Å². The molecule has 32 heavy (non-hydrogen) atoms. The molecule has 1 aliphatic rings. The molecule has 0 unspecified atom stereocenters. The number of carbonyl (C=O) groups is 1. The Hall–Kier alpha value is -3.55. The molecule has 0 N–H and O–H groups in total. The molecule has 0 atom stereocenters.